The van der Waals surface area contributed by atoms with Gasteiger partial charge in [0, 0.05) is 0 Å². The maximum atomic E-state index is 11.7. The van der Waals surface area contributed by atoms with E-state index in [0.29, 0.717) is 34.1 Å². The van der Waals surface area contributed by atoms with E-state index in [1.54, 1.807) is 12.1 Å². The molecule has 5 nitrogen and oxygen atoms in total. The van der Waals surface area contributed by atoms with Crippen LogP contribution in [0.15, 0.2) is 45.8 Å². The van der Waals surface area contributed by atoms with Gasteiger partial charge >= 0.3 is 0 Å². The number of thioether (sulfide) groups is 1. The molecule has 2 amide bonds. The molecule has 0 atom stereocenters. The lowest BCUT2D eigenvalue weighted by molar-refractivity contribution is -0.115. The topological polar surface area (TPSA) is 64.6 Å². The van der Waals surface area contributed by atoms with E-state index < -0.39 is 0 Å². The summed E-state index contributed by atoms with van der Waals surface area (Å²) in [5.41, 5.74) is 2.97. The lowest BCUT2D eigenvalue weighted by Crippen LogP contribution is -2.17. The predicted molar refractivity (Wildman–Crippen MR) is 110 cm³/mol. The maximum absolute atomic E-state index is 11.7. The minimum absolute atomic E-state index is 0.350. The zero-order valence-electron chi connectivity index (χ0n) is 14.9. The third-order valence-corrected chi connectivity index (χ3v) is 5.14. The largest absolute Gasteiger partial charge is 0.490 e. The molecule has 0 bridgehead atoms. The molecule has 3 rings (SSSR count). The number of carbonyl (C=O) groups is 2. The number of imide groups is 1. The smallest absolute Gasteiger partial charge is 0.290 e. The van der Waals surface area contributed by atoms with E-state index in [9.17, 15) is 9.59 Å². The molecule has 140 valence electrons. The van der Waals surface area contributed by atoms with Crippen molar-refractivity contribution in [2.75, 3.05) is 6.61 Å². The molecule has 1 heterocycles. The van der Waals surface area contributed by atoms with Gasteiger partial charge < -0.3 is 9.47 Å². The van der Waals surface area contributed by atoms with Crippen LogP contribution in [-0.4, -0.2) is 17.8 Å². The molecule has 0 saturated carbocycles. The van der Waals surface area contributed by atoms with E-state index in [1.807, 2.05) is 38.1 Å². The minimum Gasteiger partial charge on any atom is -0.490 e. The van der Waals surface area contributed by atoms with Crippen LogP contribution in [0.25, 0.3) is 6.08 Å². The third-order valence-electron chi connectivity index (χ3n) is 3.74. The Morgan fingerprint density at radius 1 is 1.19 bits per heavy atom. The summed E-state index contributed by atoms with van der Waals surface area (Å²) in [6, 6.07) is 11.7. The van der Waals surface area contributed by atoms with Gasteiger partial charge in [0.15, 0.2) is 11.5 Å². The second-order valence-electron chi connectivity index (χ2n) is 5.89. The molecule has 7 heteroatoms. The second-order valence-corrected chi connectivity index (χ2v) is 7.76. The van der Waals surface area contributed by atoms with E-state index in [2.05, 4.69) is 27.3 Å². The normalized spacial score (nSPS) is 15.1. The van der Waals surface area contributed by atoms with Gasteiger partial charge in [0.25, 0.3) is 11.1 Å². The van der Waals surface area contributed by atoms with Gasteiger partial charge in [0.1, 0.15) is 6.61 Å². The fraction of sp³-hybridized carbons (Fsp3) is 0.200. The summed E-state index contributed by atoms with van der Waals surface area (Å²) in [4.78, 5) is 23.4. The van der Waals surface area contributed by atoms with Crippen molar-refractivity contribution >= 4 is 44.9 Å². The zero-order chi connectivity index (χ0) is 19.4. The van der Waals surface area contributed by atoms with Gasteiger partial charge in [0.05, 0.1) is 16.0 Å². The van der Waals surface area contributed by atoms with Crippen LogP contribution in [0.4, 0.5) is 4.79 Å². The van der Waals surface area contributed by atoms with Gasteiger partial charge in [-0.25, -0.2) is 0 Å². The first-order chi connectivity index (χ1) is 13.0. The second kappa shape index (κ2) is 8.63. The van der Waals surface area contributed by atoms with Crippen LogP contribution in [0.3, 0.4) is 0 Å². The molecule has 1 N–H and O–H groups in total. The molecule has 1 saturated heterocycles. The molecule has 0 unspecified atom stereocenters. The maximum Gasteiger partial charge on any atom is 0.290 e. The lowest BCUT2D eigenvalue weighted by atomic mass is 10.1. The third kappa shape index (κ3) is 4.93. The Morgan fingerprint density at radius 3 is 2.67 bits per heavy atom. The van der Waals surface area contributed by atoms with E-state index >= 15 is 0 Å². The Labute approximate surface area is 170 Å². The Bertz CT molecular complexity index is 926. The van der Waals surface area contributed by atoms with Crippen LogP contribution in [0.2, 0.25) is 0 Å². The van der Waals surface area contributed by atoms with E-state index in [4.69, 9.17) is 9.47 Å². The first-order valence-electron chi connectivity index (χ1n) is 8.36. The molecule has 27 heavy (non-hydrogen) atoms. The molecule has 0 aliphatic carbocycles. The summed E-state index contributed by atoms with van der Waals surface area (Å²) >= 11 is 4.40. The SMILES string of the molecule is CCOc1cc(/C=C2\SC(=O)NC2=O)cc(Br)c1OCc1cccc(C)c1. The van der Waals surface area contributed by atoms with E-state index in [1.165, 1.54) is 5.56 Å². The van der Waals surface area contributed by atoms with Crippen molar-refractivity contribution in [1.82, 2.24) is 5.32 Å². The number of carbonyl (C=O) groups excluding carboxylic acids is 2. The van der Waals surface area contributed by atoms with Crippen LogP contribution >= 0.6 is 27.7 Å². The molecule has 1 fully saturated rings. The zero-order valence-corrected chi connectivity index (χ0v) is 17.3. The fourth-order valence-electron chi connectivity index (χ4n) is 2.60. The predicted octanol–water partition coefficient (Wildman–Crippen LogP) is 5.06. The number of ether oxygens (including phenoxy) is 2. The fourth-order valence-corrected chi connectivity index (χ4v) is 3.86. The van der Waals surface area contributed by atoms with Crippen molar-refractivity contribution in [1.29, 1.82) is 0 Å². The minimum atomic E-state index is -0.390. The Kier molecular flexibility index (Phi) is 6.23. The summed E-state index contributed by atoms with van der Waals surface area (Å²) in [6.45, 7) is 4.81. The number of amides is 2. The number of nitrogens with one attached hydrogen (secondary N) is 1. The van der Waals surface area contributed by atoms with E-state index in [0.717, 1.165) is 22.9 Å². The average molecular weight is 448 g/mol. The monoisotopic (exact) mass is 447 g/mol. The quantitative estimate of drug-likeness (QED) is 0.626. The van der Waals surface area contributed by atoms with Gasteiger partial charge in [0.2, 0.25) is 0 Å². The standard InChI is InChI=1S/C20H18BrNO4S/c1-3-25-16-9-14(10-17-19(23)22-20(24)27-17)8-15(21)18(16)26-11-13-6-4-5-12(2)7-13/h4-10H,3,11H2,1-2H3,(H,22,23,24)/b17-10-. The molecular weight excluding hydrogens is 430 g/mol. The Hall–Kier alpha value is -2.25. The first-order valence-corrected chi connectivity index (χ1v) is 9.96. The lowest BCUT2D eigenvalue weighted by Gasteiger charge is -2.15. The number of rotatable bonds is 6. The van der Waals surface area contributed by atoms with E-state index in [-0.39, 0.29) is 11.1 Å². The van der Waals surface area contributed by atoms with Gasteiger partial charge in [-0.1, -0.05) is 29.8 Å². The number of hydrogen-bond donors (Lipinski definition) is 1. The van der Waals surface area contributed by atoms with Gasteiger partial charge in [-0.3, -0.25) is 14.9 Å². The van der Waals surface area contributed by atoms with Crippen LogP contribution in [0, 0.1) is 6.92 Å². The Balaban J connectivity index is 1.87. The van der Waals surface area contributed by atoms with Crippen molar-refractivity contribution < 1.29 is 19.1 Å². The number of halogens is 1. The van der Waals surface area contributed by atoms with Crippen molar-refractivity contribution in [2.24, 2.45) is 0 Å². The molecule has 0 spiro atoms. The highest BCUT2D eigenvalue weighted by molar-refractivity contribution is 9.10. The number of aryl methyl sites for hydroxylation is 1. The average Bonchev–Trinajstić information content (AvgIpc) is 2.91. The van der Waals surface area contributed by atoms with Crippen molar-refractivity contribution in [2.45, 2.75) is 20.5 Å². The highest BCUT2D eigenvalue weighted by Gasteiger charge is 2.25. The molecule has 1 aliphatic heterocycles. The van der Waals surface area contributed by atoms with Gasteiger partial charge in [-0.2, -0.15) is 0 Å². The molecule has 0 aromatic heterocycles. The summed E-state index contributed by atoms with van der Waals surface area (Å²) in [7, 11) is 0. The Morgan fingerprint density at radius 2 is 2.00 bits per heavy atom. The molecule has 2 aromatic rings. The van der Waals surface area contributed by atoms with Crippen molar-refractivity contribution in [3.8, 4) is 11.5 Å². The summed E-state index contributed by atoms with van der Waals surface area (Å²) in [5, 5.41) is 1.88. The first kappa shape index (κ1) is 19.5. The van der Waals surface area contributed by atoms with Crippen LogP contribution in [0.5, 0.6) is 11.5 Å². The summed E-state index contributed by atoms with van der Waals surface area (Å²) in [5.74, 6) is 0.778. The summed E-state index contributed by atoms with van der Waals surface area (Å²) < 4.78 is 12.4. The molecule has 1 aliphatic rings. The van der Waals surface area contributed by atoms with Crippen LogP contribution < -0.4 is 14.8 Å². The number of benzene rings is 2. The summed E-state index contributed by atoms with van der Waals surface area (Å²) in [6.07, 6.45) is 1.66. The molecule has 2 aromatic carbocycles. The van der Waals surface area contributed by atoms with Crippen molar-refractivity contribution in [3.63, 3.8) is 0 Å². The molecular formula is C20H18BrNO4S. The highest BCUT2D eigenvalue weighted by Crippen LogP contribution is 2.39. The van der Waals surface area contributed by atoms with Crippen LogP contribution in [-0.2, 0) is 11.4 Å². The highest BCUT2D eigenvalue weighted by atomic mass is 79.9. The molecule has 0 radical (unpaired) electrons. The number of hydrogen-bond acceptors (Lipinski definition) is 5. The van der Waals surface area contributed by atoms with Gasteiger partial charge in [-0.15, -0.1) is 0 Å². The van der Waals surface area contributed by atoms with Crippen LogP contribution in [0.1, 0.15) is 23.6 Å². The van der Waals surface area contributed by atoms with Crippen molar-refractivity contribution in [3.05, 3.63) is 62.5 Å². The van der Waals surface area contributed by atoms with Gasteiger partial charge in [-0.05, 0) is 70.9 Å².